The molecule has 34 heavy (non-hydrogen) atoms. The number of nitrogens with zero attached hydrogens (tertiary/aromatic N) is 4. The molecule has 4 rings (SSSR count). The number of hydrogen-bond acceptors (Lipinski definition) is 4. The summed E-state index contributed by atoms with van der Waals surface area (Å²) in [5, 5.41) is 18.8. The lowest BCUT2D eigenvalue weighted by Gasteiger charge is -2.15. The Morgan fingerprint density at radius 2 is 1.71 bits per heavy atom. The van der Waals surface area contributed by atoms with E-state index >= 15 is 0 Å². The van der Waals surface area contributed by atoms with Crippen molar-refractivity contribution in [3.8, 4) is 11.6 Å². The van der Waals surface area contributed by atoms with Gasteiger partial charge in [0.15, 0.2) is 12.4 Å². The van der Waals surface area contributed by atoms with Gasteiger partial charge in [0.2, 0.25) is 0 Å². The number of imide groups is 1. The highest BCUT2D eigenvalue weighted by atomic mass is 35.5. The van der Waals surface area contributed by atoms with Crippen LogP contribution in [0.1, 0.15) is 49.1 Å². The molecule has 0 bridgehead atoms. The molecule has 2 aromatic heterocycles. The van der Waals surface area contributed by atoms with Gasteiger partial charge in [0.05, 0.1) is 11.4 Å². The maximum Gasteiger partial charge on any atom is 0.326 e. The van der Waals surface area contributed by atoms with Gasteiger partial charge in [-0.3, -0.25) is 14.5 Å². The van der Waals surface area contributed by atoms with Crippen molar-refractivity contribution in [1.82, 2.24) is 14.7 Å². The van der Waals surface area contributed by atoms with Crippen LogP contribution in [0, 0.1) is 13.8 Å². The Bertz CT molecular complexity index is 1310. The molecule has 176 valence electrons. The monoisotopic (exact) mass is 478 g/mol. The topological polar surface area (TPSA) is 82.1 Å². The van der Waals surface area contributed by atoms with E-state index in [0.29, 0.717) is 29.2 Å². The van der Waals surface area contributed by atoms with Crippen LogP contribution in [0.4, 0.5) is 0 Å². The first-order chi connectivity index (χ1) is 16.3. The Kier molecular flexibility index (Phi) is 6.57. The number of benzene rings is 1. The summed E-state index contributed by atoms with van der Waals surface area (Å²) in [5.41, 5.74) is 3.56. The van der Waals surface area contributed by atoms with E-state index in [1.807, 2.05) is 40.0 Å². The van der Waals surface area contributed by atoms with E-state index in [1.165, 1.54) is 9.58 Å². The summed E-state index contributed by atoms with van der Waals surface area (Å²) in [4.78, 5) is 28.3. The molecule has 1 aliphatic rings. The number of rotatable bonds is 7. The largest absolute Gasteiger partial charge is 0.858 e. The van der Waals surface area contributed by atoms with Gasteiger partial charge >= 0.3 is 5.91 Å². The van der Waals surface area contributed by atoms with Crippen LogP contribution < -0.4 is 9.67 Å². The number of carbonyl (C=O) groups is 2. The molecule has 7 nitrogen and oxygen atoms in total. The molecule has 0 fully saturated rings. The van der Waals surface area contributed by atoms with Gasteiger partial charge in [0.1, 0.15) is 5.57 Å². The summed E-state index contributed by atoms with van der Waals surface area (Å²) in [7, 11) is 0. The molecule has 0 unspecified atom stereocenters. The number of halogens is 1. The highest BCUT2D eigenvalue weighted by molar-refractivity contribution is 6.44. The quantitative estimate of drug-likeness (QED) is 0.383. The molecule has 0 saturated heterocycles. The minimum Gasteiger partial charge on any atom is -0.858 e. The van der Waals surface area contributed by atoms with Crippen LogP contribution in [0.5, 0.6) is 5.88 Å². The van der Waals surface area contributed by atoms with E-state index in [2.05, 4.69) is 5.10 Å². The standard InChI is InChI=1S/C26H27ClN4O3/c1-5-7-20-21(25(33)31(28-20)19-10-8-18(27)9-11-19)22-23(26(34)30(13-6-2)24(22)32)29-14-12-16(3)17(4)15-29/h8-12,14-15H,5-7,13H2,1-4H3. The van der Waals surface area contributed by atoms with Gasteiger partial charge in [0, 0.05) is 28.8 Å². The number of amides is 2. The van der Waals surface area contributed by atoms with Crippen molar-refractivity contribution >= 4 is 34.7 Å². The molecule has 0 atom stereocenters. The molecule has 3 aromatic rings. The SMILES string of the molecule is CCCc1nn(-c2ccc(Cl)cc2)c([O-])c1C1=C([n+]2ccc(C)c(C)c2)C(=O)N(CCC)C1=O. The van der Waals surface area contributed by atoms with Crippen LogP contribution >= 0.6 is 11.6 Å². The summed E-state index contributed by atoms with van der Waals surface area (Å²) in [5.74, 6) is -1.30. The van der Waals surface area contributed by atoms with E-state index in [4.69, 9.17) is 11.6 Å². The van der Waals surface area contributed by atoms with Crippen molar-refractivity contribution in [3.63, 3.8) is 0 Å². The molecular formula is C26H27ClN4O3. The average Bonchev–Trinajstić information content (AvgIpc) is 3.25. The predicted molar refractivity (Wildman–Crippen MR) is 128 cm³/mol. The van der Waals surface area contributed by atoms with Crippen LogP contribution in [0.15, 0.2) is 42.7 Å². The summed E-state index contributed by atoms with van der Waals surface area (Å²) in [6.07, 6.45) is 5.41. The third kappa shape index (κ3) is 4.01. The Morgan fingerprint density at radius 1 is 1.00 bits per heavy atom. The second-order valence-electron chi connectivity index (χ2n) is 8.47. The Morgan fingerprint density at radius 3 is 2.32 bits per heavy atom. The molecule has 8 heteroatoms. The third-order valence-electron chi connectivity index (χ3n) is 6.01. The molecule has 1 aliphatic heterocycles. The Labute approximate surface area is 203 Å². The van der Waals surface area contributed by atoms with Gasteiger partial charge in [-0.05, 0) is 62.4 Å². The van der Waals surface area contributed by atoms with Gasteiger partial charge in [-0.15, -0.1) is 0 Å². The minimum atomic E-state index is -0.460. The van der Waals surface area contributed by atoms with E-state index in [0.717, 1.165) is 17.5 Å². The molecule has 2 amide bonds. The van der Waals surface area contributed by atoms with E-state index in [-0.39, 0.29) is 23.4 Å². The molecular weight excluding hydrogens is 452 g/mol. The third-order valence-corrected chi connectivity index (χ3v) is 6.26. The van der Waals surface area contributed by atoms with Crippen molar-refractivity contribution in [3.05, 3.63) is 70.1 Å². The Balaban J connectivity index is 2.00. The predicted octanol–water partition coefficient (Wildman–Crippen LogP) is 3.60. The summed E-state index contributed by atoms with van der Waals surface area (Å²) >= 11 is 6.01. The fourth-order valence-electron chi connectivity index (χ4n) is 4.14. The average molecular weight is 479 g/mol. The van der Waals surface area contributed by atoms with Crippen molar-refractivity contribution in [2.75, 3.05) is 6.54 Å². The van der Waals surface area contributed by atoms with Crippen LogP contribution in [0.3, 0.4) is 0 Å². The lowest BCUT2D eigenvalue weighted by Crippen LogP contribution is -2.40. The summed E-state index contributed by atoms with van der Waals surface area (Å²) in [6.45, 7) is 8.08. The lowest BCUT2D eigenvalue weighted by molar-refractivity contribution is -0.577. The first kappa shape index (κ1) is 23.7. The molecule has 0 spiro atoms. The van der Waals surface area contributed by atoms with Crippen molar-refractivity contribution < 1.29 is 19.3 Å². The Hall–Kier alpha value is -3.45. The van der Waals surface area contributed by atoms with Gasteiger partial charge in [0.25, 0.3) is 11.6 Å². The van der Waals surface area contributed by atoms with E-state index in [9.17, 15) is 14.7 Å². The first-order valence-electron chi connectivity index (χ1n) is 11.4. The second kappa shape index (κ2) is 9.43. The minimum absolute atomic E-state index is 0.111. The summed E-state index contributed by atoms with van der Waals surface area (Å²) in [6, 6.07) is 8.66. The number of hydrogen-bond donors (Lipinski definition) is 0. The fourth-order valence-corrected chi connectivity index (χ4v) is 4.26. The van der Waals surface area contributed by atoms with Crippen molar-refractivity contribution in [1.29, 1.82) is 0 Å². The molecule has 0 aliphatic carbocycles. The van der Waals surface area contributed by atoms with Gasteiger partial charge in [-0.25, -0.2) is 4.68 Å². The van der Waals surface area contributed by atoms with Gasteiger partial charge in [-0.2, -0.15) is 9.67 Å². The van der Waals surface area contributed by atoms with Crippen LogP contribution in [0.25, 0.3) is 17.0 Å². The van der Waals surface area contributed by atoms with Gasteiger partial charge < -0.3 is 5.11 Å². The van der Waals surface area contributed by atoms with Crippen LogP contribution in [0.2, 0.25) is 5.02 Å². The second-order valence-corrected chi connectivity index (χ2v) is 8.91. The highest BCUT2D eigenvalue weighted by Crippen LogP contribution is 2.37. The van der Waals surface area contributed by atoms with Crippen molar-refractivity contribution in [2.24, 2.45) is 0 Å². The smallest absolute Gasteiger partial charge is 0.326 e. The maximum absolute atomic E-state index is 13.7. The zero-order valence-corrected chi connectivity index (χ0v) is 20.5. The zero-order valence-electron chi connectivity index (χ0n) is 19.8. The van der Waals surface area contributed by atoms with E-state index < -0.39 is 17.7 Å². The van der Waals surface area contributed by atoms with Crippen LogP contribution in [-0.4, -0.2) is 33.0 Å². The number of aromatic nitrogens is 3. The summed E-state index contributed by atoms with van der Waals surface area (Å²) < 4.78 is 2.94. The number of carbonyl (C=O) groups excluding carboxylic acids is 2. The van der Waals surface area contributed by atoms with E-state index in [1.54, 1.807) is 35.0 Å². The lowest BCUT2D eigenvalue weighted by atomic mass is 10.0. The molecule has 0 radical (unpaired) electrons. The highest BCUT2D eigenvalue weighted by Gasteiger charge is 2.46. The number of pyridine rings is 1. The number of aryl methyl sites for hydroxylation is 3. The molecule has 0 N–H and O–H groups in total. The normalized spacial score (nSPS) is 14.0. The first-order valence-corrected chi connectivity index (χ1v) is 11.8. The molecule has 3 heterocycles. The molecule has 1 aromatic carbocycles. The van der Waals surface area contributed by atoms with Crippen LogP contribution in [-0.2, 0) is 16.0 Å². The van der Waals surface area contributed by atoms with Crippen molar-refractivity contribution in [2.45, 2.75) is 47.0 Å². The fraction of sp³-hybridized carbons (Fsp3) is 0.308. The zero-order chi connectivity index (χ0) is 24.6. The van der Waals surface area contributed by atoms with Gasteiger partial charge in [-0.1, -0.05) is 31.9 Å². The molecule has 0 saturated carbocycles. The maximum atomic E-state index is 13.7.